The largest absolute Gasteiger partial charge is 0.462 e. The Morgan fingerprint density at radius 3 is 2.61 bits per heavy atom. The maximum Gasteiger partial charge on any atom is 0.355 e. The average molecular weight is 890 g/mol. The number of carbonyl (C=O) groups is 4. The number of hydrogen-bond acceptors (Lipinski definition) is 13. The molecule has 3 aliphatic heterocycles. The van der Waals surface area contributed by atoms with E-state index < -0.39 is 68.8 Å². The van der Waals surface area contributed by atoms with Crippen LogP contribution in [0.2, 0.25) is 0 Å². The van der Waals surface area contributed by atoms with Crippen molar-refractivity contribution in [2.24, 2.45) is 17.3 Å². The van der Waals surface area contributed by atoms with E-state index in [0.717, 1.165) is 43.7 Å². The van der Waals surface area contributed by atoms with Crippen molar-refractivity contribution in [2.45, 2.75) is 91.1 Å². The maximum atomic E-state index is 14.5. The standard InChI is InChI=1S/C43H55N9O8S2/c1-8-51-34-12-11-27-17-30(34)31(37(51)29-20-44-25-45-21-29)19-42(5,6)24-60-41(56)43(57)14-10-15-52(48-43)40(55)32(18-35-46-33(27)23-61-35)47-38(53)36(26(3)4)49(7)39(54)28-13-16-50(22-28)62(58,59)9-2/h9,11-12,17,20-21,23,25-26,28,32,36,48,57H,2,8,10,13-16,18-19,22,24H2,1,3-7H3,(H,47,53)/t28-,32-,36-,43-/m0/s1. The van der Waals surface area contributed by atoms with Gasteiger partial charge in [0.1, 0.15) is 18.4 Å². The summed E-state index contributed by atoms with van der Waals surface area (Å²) in [6, 6.07) is 3.89. The molecule has 332 valence electrons. The van der Waals surface area contributed by atoms with Crippen LogP contribution in [0.4, 0.5) is 0 Å². The highest BCUT2D eigenvalue weighted by atomic mass is 32.2. The Morgan fingerprint density at radius 2 is 1.92 bits per heavy atom. The van der Waals surface area contributed by atoms with Crippen molar-refractivity contribution in [3.05, 3.63) is 64.9 Å². The summed E-state index contributed by atoms with van der Waals surface area (Å²) in [4.78, 5) is 71.5. The Kier molecular flexibility index (Phi) is 12.8. The summed E-state index contributed by atoms with van der Waals surface area (Å²) in [5.41, 5.74) is 5.19. The number of sulfonamides is 1. The molecule has 0 spiro atoms. The molecule has 1 aromatic carbocycles. The van der Waals surface area contributed by atoms with Crippen LogP contribution in [-0.2, 0) is 53.3 Å². The number of amides is 3. The summed E-state index contributed by atoms with van der Waals surface area (Å²) in [7, 11) is -2.22. The number of carbonyl (C=O) groups excluding carboxylic acids is 4. The number of likely N-dealkylation sites (N-methyl/N-ethyl adjacent to an activating group) is 1. The molecular weight excluding hydrogens is 835 g/mol. The first-order valence-electron chi connectivity index (χ1n) is 20.9. The van der Waals surface area contributed by atoms with Gasteiger partial charge in [0.15, 0.2) is 0 Å². The molecule has 0 radical (unpaired) electrons. The lowest BCUT2D eigenvalue weighted by Gasteiger charge is -2.40. The van der Waals surface area contributed by atoms with Gasteiger partial charge in [-0.2, -0.15) is 9.73 Å². The van der Waals surface area contributed by atoms with Gasteiger partial charge in [-0.25, -0.2) is 28.2 Å². The summed E-state index contributed by atoms with van der Waals surface area (Å²) in [6.45, 7) is 13.8. The second kappa shape index (κ2) is 17.6. The van der Waals surface area contributed by atoms with Gasteiger partial charge in [-0.1, -0.05) is 40.3 Å². The highest BCUT2D eigenvalue weighted by Gasteiger charge is 2.46. The van der Waals surface area contributed by atoms with E-state index >= 15 is 0 Å². The van der Waals surface area contributed by atoms with Gasteiger partial charge in [0.2, 0.25) is 27.6 Å². The second-order valence-electron chi connectivity index (χ2n) is 17.5. The highest BCUT2D eigenvalue weighted by molar-refractivity contribution is 7.92. The molecule has 2 fully saturated rings. The topological polar surface area (TPSA) is 209 Å². The fourth-order valence-electron chi connectivity index (χ4n) is 8.87. The van der Waals surface area contributed by atoms with Gasteiger partial charge in [0, 0.05) is 96.7 Å². The molecule has 2 saturated heterocycles. The molecule has 3 aliphatic rings. The summed E-state index contributed by atoms with van der Waals surface area (Å²) in [6.07, 6.45) is 6.01. The summed E-state index contributed by atoms with van der Waals surface area (Å²) < 4.78 is 34.2. The van der Waals surface area contributed by atoms with Gasteiger partial charge < -0.3 is 24.6 Å². The van der Waals surface area contributed by atoms with E-state index in [1.807, 2.05) is 25.3 Å². The molecule has 62 heavy (non-hydrogen) atoms. The number of benzene rings is 1. The summed E-state index contributed by atoms with van der Waals surface area (Å²) in [5, 5.41) is 20.1. The number of thiazole rings is 1. The Morgan fingerprint density at radius 1 is 1.18 bits per heavy atom. The molecule has 6 heterocycles. The maximum absolute atomic E-state index is 14.5. The Bertz CT molecular complexity index is 2490. The molecule has 4 atom stereocenters. The molecule has 19 heteroatoms. The third-order valence-electron chi connectivity index (χ3n) is 12.0. The van der Waals surface area contributed by atoms with Crippen LogP contribution in [0.3, 0.4) is 0 Å². The predicted molar refractivity (Wildman–Crippen MR) is 233 cm³/mol. The number of hydrazine groups is 1. The molecule has 0 saturated carbocycles. The lowest BCUT2D eigenvalue weighted by atomic mass is 9.84. The molecule has 3 amide bonds. The van der Waals surface area contributed by atoms with Gasteiger partial charge in [0.05, 0.1) is 28.9 Å². The van der Waals surface area contributed by atoms with Crippen LogP contribution in [0.15, 0.2) is 54.3 Å². The first-order chi connectivity index (χ1) is 29.4. The van der Waals surface area contributed by atoms with E-state index in [1.54, 1.807) is 26.2 Å². The van der Waals surface area contributed by atoms with Crippen molar-refractivity contribution < 1.29 is 37.4 Å². The van der Waals surface area contributed by atoms with Crippen LogP contribution in [-0.4, -0.2) is 122 Å². The number of hydrogen-bond donors (Lipinski definition) is 3. The fourth-order valence-corrected chi connectivity index (χ4v) is 10.7. The van der Waals surface area contributed by atoms with Crippen molar-refractivity contribution in [3.8, 4) is 22.5 Å². The number of rotatable bonds is 9. The highest BCUT2D eigenvalue weighted by Crippen LogP contribution is 2.40. The molecular formula is C43H55N9O8S2. The molecule has 0 aliphatic carbocycles. The minimum absolute atomic E-state index is 0.0249. The van der Waals surface area contributed by atoms with Crippen LogP contribution in [0.5, 0.6) is 0 Å². The number of nitrogens with one attached hydrogen (secondary N) is 2. The quantitative estimate of drug-likeness (QED) is 0.207. The van der Waals surface area contributed by atoms with Crippen molar-refractivity contribution in [3.63, 3.8) is 0 Å². The molecule has 0 unspecified atom stereocenters. The lowest BCUT2D eigenvalue weighted by Crippen LogP contribution is -2.67. The first kappa shape index (κ1) is 45.0. The number of nitrogens with zero attached hydrogens (tertiary/aromatic N) is 7. The SMILES string of the molecule is C=CS(=O)(=O)N1CC[C@H](C(=O)N(C)[C@H](C(=O)N[C@H]2Cc3nc(cs3)-c3ccc4c(c3)c(c(-c3cncnc3)n4CC)CC(C)(C)COC(=O)[C@@]3(O)CCCN(N3)C2=O)C(C)C)C1. The second-order valence-corrected chi connectivity index (χ2v) is 20.3. The number of ether oxygens (including phenoxy) is 1. The number of esters is 1. The third kappa shape index (κ3) is 8.90. The van der Waals surface area contributed by atoms with Crippen molar-refractivity contribution >= 4 is 56.0 Å². The van der Waals surface area contributed by atoms with Crippen molar-refractivity contribution in [1.29, 1.82) is 0 Å². The van der Waals surface area contributed by atoms with Gasteiger partial charge >= 0.3 is 5.97 Å². The van der Waals surface area contributed by atoms with Gasteiger partial charge in [0.25, 0.3) is 5.91 Å². The van der Waals surface area contributed by atoms with Crippen LogP contribution < -0.4 is 10.7 Å². The molecule has 4 aromatic rings. The molecule has 3 N–H and O–H groups in total. The van der Waals surface area contributed by atoms with E-state index in [9.17, 15) is 32.7 Å². The van der Waals surface area contributed by atoms with Gasteiger partial charge in [-0.05, 0) is 49.8 Å². The van der Waals surface area contributed by atoms with E-state index in [1.165, 1.54) is 33.9 Å². The van der Waals surface area contributed by atoms with Crippen LogP contribution >= 0.6 is 11.3 Å². The normalized spacial score (nSPS) is 22.9. The smallest absolute Gasteiger partial charge is 0.355 e. The molecule has 7 rings (SSSR count). The minimum Gasteiger partial charge on any atom is -0.462 e. The van der Waals surface area contributed by atoms with E-state index in [-0.39, 0.29) is 51.9 Å². The Labute approximate surface area is 365 Å². The van der Waals surface area contributed by atoms with Crippen LogP contribution in [0.25, 0.3) is 33.4 Å². The van der Waals surface area contributed by atoms with E-state index in [4.69, 9.17) is 9.72 Å². The Hall–Kier alpha value is -5.08. The average Bonchev–Trinajstić information content (AvgIpc) is 4.00. The number of aryl methyl sites for hydroxylation is 1. The number of aliphatic hydroxyl groups is 1. The molecule has 17 nitrogen and oxygen atoms in total. The van der Waals surface area contributed by atoms with Crippen LogP contribution in [0, 0.1) is 17.3 Å². The minimum atomic E-state index is -3.73. The zero-order valence-corrected chi connectivity index (χ0v) is 37.6. The number of cyclic esters (lactones) is 1. The Balaban J connectivity index is 1.25. The van der Waals surface area contributed by atoms with Gasteiger partial charge in [-0.15, -0.1) is 11.3 Å². The summed E-state index contributed by atoms with van der Waals surface area (Å²) >= 11 is 1.33. The van der Waals surface area contributed by atoms with Crippen molar-refractivity contribution in [2.75, 3.05) is 33.3 Å². The van der Waals surface area contributed by atoms with Crippen molar-refractivity contribution in [1.82, 2.24) is 44.5 Å². The fraction of sp³-hybridized carbons (Fsp3) is 0.512. The lowest BCUT2D eigenvalue weighted by molar-refractivity contribution is -0.189. The van der Waals surface area contributed by atoms with Gasteiger partial charge in [-0.3, -0.25) is 19.4 Å². The van der Waals surface area contributed by atoms with E-state index in [2.05, 4.69) is 50.9 Å². The summed E-state index contributed by atoms with van der Waals surface area (Å²) in [5.74, 6) is -3.64. The zero-order valence-electron chi connectivity index (χ0n) is 36.0. The van der Waals surface area contributed by atoms with Crippen LogP contribution in [0.1, 0.15) is 64.5 Å². The molecule has 3 aromatic heterocycles. The monoisotopic (exact) mass is 889 g/mol. The zero-order chi connectivity index (χ0) is 44.7. The van der Waals surface area contributed by atoms with E-state index in [0.29, 0.717) is 23.7 Å². The predicted octanol–water partition coefficient (Wildman–Crippen LogP) is 3.49. The number of fused-ring (bicyclic) bond motifs is 6. The number of aromatic nitrogens is 4. The first-order valence-corrected chi connectivity index (χ1v) is 23.3. The molecule has 6 bridgehead atoms. The third-order valence-corrected chi connectivity index (χ3v) is 14.3.